The number of carbonyl (C=O) groups excluding carboxylic acids is 1. The molecular formula is C15H18ClNO4. The first kappa shape index (κ1) is 15.6. The van der Waals surface area contributed by atoms with Gasteiger partial charge in [-0.2, -0.15) is 0 Å². The van der Waals surface area contributed by atoms with E-state index in [-0.39, 0.29) is 18.6 Å². The van der Waals surface area contributed by atoms with Crippen molar-refractivity contribution in [3.05, 3.63) is 29.3 Å². The van der Waals surface area contributed by atoms with Crippen LogP contribution in [0, 0.1) is 5.92 Å². The minimum Gasteiger partial charge on any atom is -0.484 e. The Labute approximate surface area is 128 Å². The van der Waals surface area contributed by atoms with Gasteiger partial charge in [-0.3, -0.25) is 9.59 Å². The minimum absolute atomic E-state index is 0.134. The van der Waals surface area contributed by atoms with Crippen molar-refractivity contribution in [1.29, 1.82) is 0 Å². The molecule has 2 N–H and O–H groups in total. The summed E-state index contributed by atoms with van der Waals surface area (Å²) in [5, 5.41) is 12.5. The van der Waals surface area contributed by atoms with Gasteiger partial charge in [0, 0.05) is 11.1 Å². The number of ether oxygens (including phenoxy) is 1. The number of halogens is 1. The molecule has 1 amide bonds. The first-order chi connectivity index (χ1) is 10.1. The van der Waals surface area contributed by atoms with Crippen molar-refractivity contribution in [3.63, 3.8) is 0 Å². The Morgan fingerprint density at radius 3 is 2.57 bits per heavy atom. The molecule has 21 heavy (non-hydrogen) atoms. The van der Waals surface area contributed by atoms with Gasteiger partial charge in [0.15, 0.2) is 6.61 Å². The maximum Gasteiger partial charge on any atom is 0.308 e. The summed E-state index contributed by atoms with van der Waals surface area (Å²) in [6.45, 7) is -0.134. The van der Waals surface area contributed by atoms with Crippen LogP contribution in [0.15, 0.2) is 24.3 Å². The quantitative estimate of drug-likeness (QED) is 0.876. The highest BCUT2D eigenvalue weighted by Gasteiger charge is 2.31. The van der Waals surface area contributed by atoms with E-state index in [0.717, 1.165) is 12.8 Å². The molecule has 0 aromatic heterocycles. The van der Waals surface area contributed by atoms with Crippen LogP contribution < -0.4 is 10.1 Å². The fourth-order valence-electron chi connectivity index (χ4n) is 2.53. The van der Waals surface area contributed by atoms with E-state index in [2.05, 4.69) is 5.32 Å². The summed E-state index contributed by atoms with van der Waals surface area (Å²) >= 11 is 5.76. The number of nitrogens with one attached hydrogen (secondary N) is 1. The molecule has 114 valence electrons. The zero-order valence-corrected chi connectivity index (χ0v) is 12.3. The Balaban J connectivity index is 1.83. The normalized spacial score (nSPS) is 21.6. The zero-order chi connectivity index (χ0) is 15.2. The maximum absolute atomic E-state index is 11.9. The molecule has 5 nitrogen and oxygen atoms in total. The topological polar surface area (TPSA) is 75.6 Å². The lowest BCUT2D eigenvalue weighted by Crippen LogP contribution is -2.46. The molecule has 1 saturated carbocycles. The van der Waals surface area contributed by atoms with E-state index in [1.54, 1.807) is 24.3 Å². The third kappa shape index (κ3) is 4.63. The molecule has 0 spiro atoms. The number of hydrogen-bond donors (Lipinski definition) is 2. The summed E-state index contributed by atoms with van der Waals surface area (Å²) in [5.74, 6) is -1.10. The van der Waals surface area contributed by atoms with E-state index in [9.17, 15) is 9.59 Å². The van der Waals surface area contributed by atoms with Gasteiger partial charge in [0.1, 0.15) is 5.75 Å². The molecule has 0 bridgehead atoms. The number of aliphatic carboxylic acids is 1. The van der Waals surface area contributed by atoms with Crippen LogP contribution in [0.3, 0.4) is 0 Å². The third-order valence-corrected chi connectivity index (χ3v) is 3.87. The first-order valence-corrected chi connectivity index (χ1v) is 7.34. The van der Waals surface area contributed by atoms with Crippen LogP contribution in [0.1, 0.15) is 25.7 Å². The van der Waals surface area contributed by atoms with Crippen molar-refractivity contribution in [1.82, 2.24) is 5.32 Å². The fourth-order valence-corrected chi connectivity index (χ4v) is 2.65. The second-order valence-corrected chi connectivity index (χ2v) is 5.58. The Bertz CT molecular complexity index is 503. The van der Waals surface area contributed by atoms with Gasteiger partial charge < -0.3 is 15.2 Å². The monoisotopic (exact) mass is 311 g/mol. The molecule has 1 aliphatic rings. The van der Waals surface area contributed by atoms with Crippen molar-refractivity contribution < 1.29 is 19.4 Å². The third-order valence-electron chi connectivity index (χ3n) is 3.61. The Morgan fingerprint density at radius 1 is 1.24 bits per heavy atom. The van der Waals surface area contributed by atoms with E-state index in [1.165, 1.54) is 0 Å². The smallest absolute Gasteiger partial charge is 0.308 e. The van der Waals surface area contributed by atoms with Gasteiger partial charge in [-0.25, -0.2) is 0 Å². The Morgan fingerprint density at radius 2 is 1.90 bits per heavy atom. The highest BCUT2D eigenvalue weighted by molar-refractivity contribution is 6.30. The predicted octanol–water partition coefficient (Wildman–Crippen LogP) is 2.48. The second kappa shape index (κ2) is 7.31. The number of carboxylic acid groups (broad SMARTS) is 1. The van der Waals surface area contributed by atoms with Crippen LogP contribution in [0.5, 0.6) is 5.75 Å². The number of amides is 1. The second-order valence-electron chi connectivity index (χ2n) is 5.15. The first-order valence-electron chi connectivity index (χ1n) is 6.97. The van der Waals surface area contributed by atoms with Crippen molar-refractivity contribution in [2.24, 2.45) is 5.92 Å². The predicted molar refractivity (Wildman–Crippen MR) is 78.5 cm³/mol. The molecule has 0 aliphatic heterocycles. The molecule has 0 heterocycles. The highest BCUT2D eigenvalue weighted by atomic mass is 35.5. The van der Waals surface area contributed by atoms with E-state index >= 15 is 0 Å². The number of rotatable bonds is 5. The summed E-state index contributed by atoms with van der Waals surface area (Å²) in [7, 11) is 0. The van der Waals surface area contributed by atoms with Crippen LogP contribution in [-0.2, 0) is 9.59 Å². The largest absolute Gasteiger partial charge is 0.484 e. The standard InChI is InChI=1S/C15H18ClNO4/c16-10-5-7-11(8-6-10)21-9-14(18)17-13-4-2-1-3-12(13)15(19)20/h5-8,12-13H,1-4,9H2,(H,17,18)(H,19,20)/t12-,13+/m1/s1. The van der Waals surface area contributed by atoms with E-state index in [0.29, 0.717) is 23.6 Å². The van der Waals surface area contributed by atoms with Gasteiger partial charge in [0.25, 0.3) is 5.91 Å². The van der Waals surface area contributed by atoms with Crippen molar-refractivity contribution >= 4 is 23.5 Å². The Hall–Kier alpha value is -1.75. The SMILES string of the molecule is O=C(COc1ccc(Cl)cc1)N[C@H]1CCCC[C@H]1C(=O)O. The molecule has 1 aromatic carbocycles. The number of hydrogen-bond acceptors (Lipinski definition) is 3. The van der Waals surface area contributed by atoms with E-state index in [1.807, 2.05) is 0 Å². The van der Waals surface area contributed by atoms with Gasteiger partial charge in [-0.1, -0.05) is 24.4 Å². The van der Waals surface area contributed by atoms with Gasteiger partial charge in [-0.05, 0) is 37.1 Å². The maximum atomic E-state index is 11.9. The molecule has 1 aromatic rings. The molecule has 6 heteroatoms. The zero-order valence-electron chi connectivity index (χ0n) is 11.5. The highest BCUT2D eigenvalue weighted by Crippen LogP contribution is 2.24. The molecule has 1 fully saturated rings. The van der Waals surface area contributed by atoms with E-state index < -0.39 is 11.9 Å². The summed E-state index contributed by atoms with van der Waals surface area (Å²) in [4.78, 5) is 23.0. The molecule has 0 unspecified atom stereocenters. The summed E-state index contributed by atoms with van der Waals surface area (Å²) in [5.41, 5.74) is 0. The van der Waals surface area contributed by atoms with E-state index in [4.69, 9.17) is 21.4 Å². The number of benzene rings is 1. The summed E-state index contributed by atoms with van der Waals surface area (Å²) < 4.78 is 5.34. The molecule has 1 aliphatic carbocycles. The number of carbonyl (C=O) groups is 2. The lowest BCUT2D eigenvalue weighted by Gasteiger charge is -2.29. The average molecular weight is 312 g/mol. The average Bonchev–Trinajstić information content (AvgIpc) is 2.47. The van der Waals surface area contributed by atoms with Crippen LogP contribution in [0.4, 0.5) is 0 Å². The van der Waals surface area contributed by atoms with Crippen molar-refractivity contribution in [2.45, 2.75) is 31.7 Å². The number of carboxylic acids is 1. The molecule has 0 saturated heterocycles. The van der Waals surface area contributed by atoms with Crippen LogP contribution in [-0.4, -0.2) is 29.6 Å². The van der Waals surface area contributed by atoms with Crippen LogP contribution in [0.2, 0.25) is 5.02 Å². The molecule has 2 rings (SSSR count). The van der Waals surface area contributed by atoms with Gasteiger partial charge in [-0.15, -0.1) is 0 Å². The lowest BCUT2D eigenvalue weighted by molar-refractivity contribution is -0.144. The summed E-state index contributed by atoms with van der Waals surface area (Å²) in [6.07, 6.45) is 3.14. The van der Waals surface area contributed by atoms with Gasteiger partial charge in [0.2, 0.25) is 0 Å². The van der Waals surface area contributed by atoms with Gasteiger partial charge >= 0.3 is 5.97 Å². The van der Waals surface area contributed by atoms with Crippen LogP contribution >= 0.6 is 11.6 Å². The lowest BCUT2D eigenvalue weighted by atomic mass is 9.84. The van der Waals surface area contributed by atoms with Crippen LogP contribution in [0.25, 0.3) is 0 Å². The Kier molecular flexibility index (Phi) is 5.44. The molecule has 0 radical (unpaired) electrons. The minimum atomic E-state index is -0.849. The van der Waals surface area contributed by atoms with Crippen molar-refractivity contribution in [3.8, 4) is 5.75 Å². The van der Waals surface area contributed by atoms with Gasteiger partial charge in [0.05, 0.1) is 5.92 Å². The van der Waals surface area contributed by atoms with Crippen molar-refractivity contribution in [2.75, 3.05) is 6.61 Å². The molecular weight excluding hydrogens is 294 g/mol. The fraction of sp³-hybridized carbons (Fsp3) is 0.467. The molecule has 2 atom stereocenters. The summed E-state index contributed by atoms with van der Waals surface area (Å²) in [6, 6.07) is 6.40.